The normalized spacial score (nSPS) is 23.2. The maximum absolute atomic E-state index is 13.4. The molecule has 2 aliphatic heterocycles. The molecule has 1 N–H and O–H groups in total. The van der Waals surface area contributed by atoms with Crippen molar-refractivity contribution in [2.45, 2.75) is 49.1 Å². The number of aromatic nitrogens is 3. The molecular weight excluding hydrogens is 495 g/mol. The molecule has 4 aliphatic rings. The van der Waals surface area contributed by atoms with Crippen molar-refractivity contribution in [3.05, 3.63) is 41.5 Å². The first-order valence-electron chi connectivity index (χ1n) is 12.1. The van der Waals surface area contributed by atoms with Gasteiger partial charge in [0.2, 0.25) is 0 Å². The number of rotatable bonds is 4. The van der Waals surface area contributed by atoms with Crippen molar-refractivity contribution in [3.63, 3.8) is 0 Å². The standard InChI is InChI=1S/C24H28F3N5O3S/c1-36(34,35)19-3-2-15(5-18(19)24(25,26)27)4-16-6-22(7-16)10-31(11-22)21(33)32-12-23(13-32)8-17(9-23)20-28-14-29-30-20/h2-3,5,14,16-17H,4,6-13H2,1H3,(H,28,29,30). The highest BCUT2D eigenvalue weighted by Crippen LogP contribution is 2.57. The molecule has 2 aromatic rings. The Balaban J connectivity index is 0.979. The van der Waals surface area contributed by atoms with Gasteiger partial charge >= 0.3 is 12.2 Å². The number of likely N-dealkylation sites (tertiary alicyclic amines) is 2. The van der Waals surface area contributed by atoms with Crippen molar-refractivity contribution in [2.75, 3.05) is 32.4 Å². The van der Waals surface area contributed by atoms with E-state index in [9.17, 15) is 26.4 Å². The van der Waals surface area contributed by atoms with E-state index in [1.807, 2.05) is 9.80 Å². The van der Waals surface area contributed by atoms with E-state index in [1.165, 1.54) is 12.4 Å². The molecule has 2 saturated heterocycles. The Morgan fingerprint density at radius 1 is 1.08 bits per heavy atom. The second-order valence-electron chi connectivity index (χ2n) is 11.5. The molecule has 2 spiro atoms. The number of nitrogens with one attached hydrogen (secondary N) is 1. The molecule has 8 nitrogen and oxygen atoms in total. The van der Waals surface area contributed by atoms with Gasteiger partial charge < -0.3 is 9.80 Å². The lowest BCUT2D eigenvalue weighted by Gasteiger charge is -2.63. The molecule has 12 heteroatoms. The zero-order valence-electron chi connectivity index (χ0n) is 19.9. The lowest BCUT2D eigenvalue weighted by molar-refractivity contribution is -0.140. The molecule has 2 saturated carbocycles. The first-order valence-corrected chi connectivity index (χ1v) is 14.0. The van der Waals surface area contributed by atoms with E-state index in [0.29, 0.717) is 31.0 Å². The minimum Gasteiger partial charge on any atom is -0.323 e. The van der Waals surface area contributed by atoms with Gasteiger partial charge in [-0.05, 0) is 55.7 Å². The number of hydrogen-bond acceptors (Lipinski definition) is 5. The van der Waals surface area contributed by atoms with Crippen molar-refractivity contribution >= 4 is 15.9 Å². The number of carbonyl (C=O) groups is 1. The van der Waals surface area contributed by atoms with Crippen LogP contribution in [0.25, 0.3) is 0 Å². The van der Waals surface area contributed by atoms with Gasteiger partial charge in [-0.3, -0.25) is 5.10 Å². The SMILES string of the molecule is CS(=O)(=O)c1ccc(CC2CC3(C2)CN(C(=O)N2CC4(CC(c5ncn[nH]5)C4)C2)C3)cc1C(F)(F)F. The van der Waals surface area contributed by atoms with Gasteiger partial charge in [0.25, 0.3) is 0 Å². The van der Waals surface area contributed by atoms with E-state index in [-0.39, 0.29) is 22.8 Å². The molecule has 4 fully saturated rings. The van der Waals surface area contributed by atoms with Crippen LogP contribution in [-0.4, -0.2) is 71.9 Å². The third-order valence-electron chi connectivity index (χ3n) is 8.54. The lowest BCUT2D eigenvalue weighted by atomic mass is 9.56. The number of alkyl halides is 3. The number of benzene rings is 1. The summed E-state index contributed by atoms with van der Waals surface area (Å²) >= 11 is 0. The molecule has 6 rings (SSSR count). The first-order chi connectivity index (χ1) is 16.8. The summed E-state index contributed by atoms with van der Waals surface area (Å²) < 4.78 is 63.9. The number of H-pyrrole nitrogens is 1. The van der Waals surface area contributed by atoms with E-state index in [1.54, 1.807) is 0 Å². The van der Waals surface area contributed by atoms with Crippen LogP contribution < -0.4 is 0 Å². The highest BCUT2D eigenvalue weighted by atomic mass is 32.2. The summed E-state index contributed by atoms with van der Waals surface area (Å²) in [6.45, 7) is 2.97. The maximum atomic E-state index is 13.4. The number of aromatic amines is 1. The van der Waals surface area contributed by atoms with Crippen molar-refractivity contribution in [3.8, 4) is 0 Å². The fourth-order valence-electron chi connectivity index (χ4n) is 7.00. The molecule has 3 heterocycles. The molecule has 0 radical (unpaired) electrons. The van der Waals surface area contributed by atoms with Gasteiger partial charge in [-0.1, -0.05) is 6.07 Å². The van der Waals surface area contributed by atoms with E-state index in [2.05, 4.69) is 15.2 Å². The van der Waals surface area contributed by atoms with E-state index >= 15 is 0 Å². The number of nitrogens with zero attached hydrogens (tertiary/aromatic N) is 4. The average molecular weight is 524 g/mol. The van der Waals surface area contributed by atoms with E-state index < -0.39 is 26.5 Å². The number of sulfone groups is 1. The molecule has 0 bridgehead atoms. The van der Waals surface area contributed by atoms with Gasteiger partial charge in [0.05, 0.1) is 10.5 Å². The summed E-state index contributed by atoms with van der Waals surface area (Å²) in [6.07, 6.45) is 1.86. The van der Waals surface area contributed by atoms with Crippen molar-refractivity contribution < 1.29 is 26.4 Å². The number of hydrogen-bond donors (Lipinski definition) is 1. The predicted octanol–water partition coefficient (Wildman–Crippen LogP) is 3.48. The van der Waals surface area contributed by atoms with Crippen LogP contribution in [0.5, 0.6) is 0 Å². The third kappa shape index (κ3) is 3.97. The van der Waals surface area contributed by atoms with Gasteiger partial charge in [-0.2, -0.15) is 18.3 Å². The average Bonchev–Trinajstić information content (AvgIpc) is 3.19. The number of amides is 2. The van der Waals surface area contributed by atoms with Crippen LogP contribution in [0.2, 0.25) is 0 Å². The Bertz CT molecular complexity index is 1280. The predicted molar refractivity (Wildman–Crippen MR) is 123 cm³/mol. The molecular formula is C24H28F3N5O3S. The minimum absolute atomic E-state index is 0.0797. The van der Waals surface area contributed by atoms with Crippen LogP contribution in [-0.2, 0) is 22.4 Å². The Labute approximate surface area is 207 Å². The summed E-state index contributed by atoms with van der Waals surface area (Å²) in [4.78, 5) is 20.2. The van der Waals surface area contributed by atoms with Crippen LogP contribution in [0.15, 0.2) is 29.4 Å². The monoisotopic (exact) mass is 523 g/mol. The van der Waals surface area contributed by atoms with Gasteiger partial charge in [0, 0.05) is 49.2 Å². The van der Waals surface area contributed by atoms with Gasteiger partial charge in [0.1, 0.15) is 12.2 Å². The molecule has 1 aromatic heterocycles. The van der Waals surface area contributed by atoms with Crippen LogP contribution in [0, 0.1) is 16.7 Å². The molecule has 2 aliphatic carbocycles. The van der Waals surface area contributed by atoms with Crippen LogP contribution in [0.4, 0.5) is 18.0 Å². The summed E-state index contributed by atoms with van der Waals surface area (Å²) in [7, 11) is -3.97. The largest absolute Gasteiger partial charge is 0.417 e. The Hall–Kier alpha value is -2.63. The van der Waals surface area contributed by atoms with E-state index in [0.717, 1.165) is 63.0 Å². The number of halogens is 3. The number of urea groups is 1. The Morgan fingerprint density at radius 2 is 1.69 bits per heavy atom. The summed E-state index contributed by atoms with van der Waals surface area (Å²) in [5.74, 6) is 1.57. The quantitative estimate of drug-likeness (QED) is 0.662. The van der Waals surface area contributed by atoms with Crippen molar-refractivity contribution in [1.82, 2.24) is 25.0 Å². The third-order valence-corrected chi connectivity index (χ3v) is 9.70. The van der Waals surface area contributed by atoms with Crippen molar-refractivity contribution in [1.29, 1.82) is 0 Å². The summed E-state index contributed by atoms with van der Waals surface area (Å²) in [6, 6.07) is 3.62. The van der Waals surface area contributed by atoms with Crippen molar-refractivity contribution in [2.24, 2.45) is 16.7 Å². The zero-order chi connectivity index (χ0) is 25.5. The van der Waals surface area contributed by atoms with Crippen LogP contribution >= 0.6 is 0 Å². The minimum atomic E-state index is -4.73. The highest BCUT2D eigenvalue weighted by Gasteiger charge is 2.58. The van der Waals surface area contributed by atoms with Crippen LogP contribution in [0.3, 0.4) is 0 Å². The van der Waals surface area contributed by atoms with Gasteiger partial charge in [-0.25, -0.2) is 18.2 Å². The molecule has 0 unspecified atom stereocenters. The summed E-state index contributed by atoms with van der Waals surface area (Å²) in [5, 5.41) is 6.84. The topological polar surface area (TPSA) is 99.3 Å². The molecule has 0 atom stereocenters. The maximum Gasteiger partial charge on any atom is 0.417 e. The zero-order valence-corrected chi connectivity index (χ0v) is 20.7. The fraction of sp³-hybridized carbons (Fsp3) is 0.625. The van der Waals surface area contributed by atoms with Gasteiger partial charge in [0.15, 0.2) is 9.84 Å². The molecule has 1 aromatic carbocycles. The Morgan fingerprint density at radius 3 is 2.22 bits per heavy atom. The molecule has 36 heavy (non-hydrogen) atoms. The smallest absolute Gasteiger partial charge is 0.323 e. The van der Waals surface area contributed by atoms with Crippen LogP contribution in [0.1, 0.15) is 48.6 Å². The first kappa shape index (κ1) is 23.7. The second kappa shape index (κ2) is 7.69. The Kier molecular flexibility index (Phi) is 5.07. The molecule has 2 amide bonds. The number of carbonyl (C=O) groups excluding carboxylic acids is 1. The highest BCUT2D eigenvalue weighted by molar-refractivity contribution is 7.90. The fourth-order valence-corrected chi connectivity index (χ4v) is 7.89. The van der Waals surface area contributed by atoms with Gasteiger partial charge in [-0.15, -0.1) is 0 Å². The lowest BCUT2D eigenvalue weighted by Crippen LogP contribution is -2.70. The molecule has 194 valence electrons. The second-order valence-corrected chi connectivity index (χ2v) is 13.5. The van der Waals surface area contributed by atoms with E-state index in [4.69, 9.17) is 0 Å². The summed E-state index contributed by atoms with van der Waals surface area (Å²) in [5.41, 5.74) is -0.296.